The lowest BCUT2D eigenvalue weighted by Crippen LogP contribution is -2.35. The molecule has 0 spiro atoms. The summed E-state index contributed by atoms with van der Waals surface area (Å²) in [6, 6.07) is 10.6. The summed E-state index contributed by atoms with van der Waals surface area (Å²) in [7, 11) is 2.29. The number of carboxylic acids is 1. The van der Waals surface area contributed by atoms with Gasteiger partial charge in [-0.15, -0.1) is 0 Å². The maximum Gasteiger partial charge on any atom is 0.313 e. The third-order valence-corrected chi connectivity index (χ3v) is 4.74. The highest BCUT2D eigenvalue weighted by atomic mass is 16.4. The Kier molecular flexibility index (Phi) is 5.76. The Morgan fingerprint density at radius 3 is 2.19 bits per heavy atom. The van der Waals surface area contributed by atoms with Gasteiger partial charge in [-0.05, 0) is 38.3 Å². The van der Waals surface area contributed by atoms with Crippen molar-refractivity contribution in [2.75, 3.05) is 13.7 Å². The molecule has 116 valence electrons. The van der Waals surface area contributed by atoms with Crippen LogP contribution in [0.4, 0.5) is 0 Å². The number of carboxylic acid groups (broad SMARTS) is 1. The molecule has 0 aliphatic carbocycles. The number of nitrogens with zero attached hydrogens (tertiary/aromatic N) is 1. The van der Waals surface area contributed by atoms with Crippen LogP contribution in [0.25, 0.3) is 0 Å². The van der Waals surface area contributed by atoms with Gasteiger partial charge in [0.25, 0.3) is 0 Å². The van der Waals surface area contributed by atoms with Crippen molar-refractivity contribution in [2.24, 2.45) is 0 Å². The van der Waals surface area contributed by atoms with Crippen LogP contribution in [-0.2, 0) is 4.79 Å². The predicted molar refractivity (Wildman–Crippen MR) is 82.3 cm³/mol. The highest BCUT2D eigenvalue weighted by Crippen LogP contribution is 2.33. The van der Waals surface area contributed by atoms with Crippen LogP contribution < -0.4 is 0 Å². The molecular weight excluding hydrogens is 266 g/mol. The zero-order valence-electron chi connectivity index (χ0n) is 12.6. The number of aliphatic hydroxyl groups excluding tert-OH is 1. The molecule has 2 bridgehead atoms. The normalized spacial score (nSPS) is 25.8. The second-order valence-corrected chi connectivity index (χ2v) is 5.97. The van der Waals surface area contributed by atoms with Gasteiger partial charge >= 0.3 is 5.97 Å². The van der Waals surface area contributed by atoms with Crippen LogP contribution >= 0.6 is 0 Å². The zero-order valence-corrected chi connectivity index (χ0v) is 12.6. The average Bonchev–Trinajstić information content (AvgIpc) is 2.70. The minimum atomic E-state index is -0.997. The number of hydrogen-bond acceptors (Lipinski definition) is 3. The Morgan fingerprint density at radius 2 is 1.76 bits per heavy atom. The van der Waals surface area contributed by atoms with Crippen LogP contribution in [0.2, 0.25) is 0 Å². The molecule has 0 aromatic heterocycles. The first-order chi connectivity index (χ1) is 10.1. The van der Waals surface area contributed by atoms with E-state index >= 15 is 0 Å². The van der Waals surface area contributed by atoms with E-state index in [4.69, 9.17) is 10.2 Å². The van der Waals surface area contributed by atoms with Crippen molar-refractivity contribution in [1.29, 1.82) is 0 Å². The summed E-state index contributed by atoms with van der Waals surface area (Å²) in [5.41, 5.74) is 0.632. The fourth-order valence-corrected chi connectivity index (χ4v) is 3.39. The van der Waals surface area contributed by atoms with Gasteiger partial charge in [0.2, 0.25) is 0 Å². The minimum absolute atomic E-state index is 0.362. The van der Waals surface area contributed by atoms with E-state index in [-0.39, 0.29) is 6.61 Å². The second-order valence-electron chi connectivity index (χ2n) is 5.97. The molecule has 2 N–H and O–H groups in total. The van der Waals surface area contributed by atoms with Crippen LogP contribution in [0.5, 0.6) is 0 Å². The maximum absolute atomic E-state index is 10.6. The van der Waals surface area contributed by atoms with Crippen LogP contribution in [-0.4, -0.2) is 46.8 Å². The summed E-state index contributed by atoms with van der Waals surface area (Å²) < 4.78 is 0. The molecular formula is C17H25NO3. The SMILES string of the molecule is CN1C2CCCC1CC2.O=C(O)C(CO)c1ccccc1. The molecule has 3 atom stereocenters. The number of rotatable bonds is 3. The molecule has 4 heteroatoms. The standard InChI is InChI=1S/C9H10O3.C8H15N/c10-6-8(9(11)12)7-4-2-1-3-5-7;1-9-7-3-2-4-8(9)6-5-7/h1-5,8,10H,6H2,(H,11,12);7-8H,2-6H2,1H3. The van der Waals surface area contributed by atoms with E-state index in [9.17, 15) is 4.79 Å². The quantitative estimate of drug-likeness (QED) is 0.898. The maximum atomic E-state index is 10.6. The largest absolute Gasteiger partial charge is 0.481 e. The van der Waals surface area contributed by atoms with E-state index < -0.39 is 11.9 Å². The predicted octanol–water partition coefficient (Wildman–Crippen LogP) is 2.48. The van der Waals surface area contributed by atoms with Gasteiger partial charge in [0.1, 0.15) is 5.92 Å². The zero-order chi connectivity index (χ0) is 15.2. The number of aliphatic hydroxyl groups is 1. The Morgan fingerprint density at radius 1 is 1.19 bits per heavy atom. The van der Waals surface area contributed by atoms with E-state index in [1.807, 2.05) is 0 Å². The summed E-state index contributed by atoms with van der Waals surface area (Å²) in [5.74, 6) is -1.80. The Hall–Kier alpha value is -1.39. The van der Waals surface area contributed by atoms with Crippen molar-refractivity contribution >= 4 is 5.97 Å². The van der Waals surface area contributed by atoms with Gasteiger partial charge in [-0.25, -0.2) is 0 Å². The molecule has 0 amide bonds. The Labute approximate surface area is 126 Å². The number of benzene rings is 1. The molecule has 0 saturated carbocycles. The summed E-state index contributed by atoms with van der Waals surface area (Å²) in [6.45, 7) is -0.362. The molecule has 2 fully saturated rings. The third kappa shape index (κ3) is 4.05. The molecule has 2 heterocycles. The molecule has 2 aliphatic heterocycles. The van der Waals surface area contributed by atoms with Crippen LogP contribution in [0.1, 0.15) is 43.6 Å². The molecule has 3 rings (SSSR count). The van der Waals surface area contributed by atoms with Crippen molar-refractivity contribution in [2.45, 2.75) is 50.1 Å². The highest BCUT2D eigenvalue weighted by Gasteiger charge is 2.33. The van der Waals surface area contributed by atoms with Gasteiger partial charge in [0, 0.05) is 12.1 Å². The van der Waals surface area contributed by atoms with E-state index in [2.05, 4.69) is 11.9 Å². The van der Waals surface area contributed by atoms with Gasteiger partial charge in [0.15, 0.2) is 0 Å². The van der Waals surface area contributed by atoms with E-state index in [1.165, 1.54) is 32.1 Å². The first kappa shape index (κ1) is 16.0. The summed E-state index contributed by atoms with van der Waals surface area (Å²) in [6.07, 6.45) is 7.36. The average molecular weight is 291 g/mol. The fraction of sp³-hybridized carbons (Fsp3) is 0.588. The van der Waals surface area contributed by atoms with E-state index in [0.717, 1.165) is 12.1 Å². The summed E-state index contributed by atoms with van der Waals surface area (Å²) in [4.78, 5) is 13.2. The molecule has 21 heavy (non-hydrogen) atoms. The van der Waals surface area contributed by atoms with Crippen LogP contribution in [0.3, 0.4) is 0 Å². The van der Waals surface area contributed by atoms with Gasteiger partial charge in [-0.3, -0.25) is 4.79 Å². The van der Waals surface area contributed by atoms with E-state index in [0.29, 0.717) is 5.56 Å². The molecule has 0 radical (unpaired) electrons. The molecule has 1 aromatic carbocycles. The first-order valence-corrected chi connectivity index (χ1v) is 7.74. The molecule has 1 aromatic rings. The monoisotopic (exact) mass is 291 g/mol. The Balaban J connectivity index is 0.000000159. The number of carbonyl (C=O) groups is 1. The number of piperidine rings is 1. The van der Waals surface area contributed by atoms with Crippen molar-refractivity contribution in [3.8, 4) is 0 Å². The molecule has 4 nitrogen and oxygen atoms in total. The van der Waals surface area contributed by atoms with E-state index in [1.54, 1.807) is 30.3 Å². The second kappa shape index (κ2) is 7.57. The van der Waals surface area contributed by atoms with Gasteiger partial charge in [-0.2, -0.15) is 0 Å². The van der Waals surface area contributed by atoms with Crippen molar-refractivity contribution < 1.29 is 15.0 Å². The van der Waals surface area contributed by atoms with Crippen LogP contribution in [0.15, 0.2) is 30.3 Å². The fourth-order valence-electron chi connectivity index (χ4n) is 3.39. The third-order valence-electron chi connectivity index (χ3n) is 4.74. The molecule has 2 saturated heterocycles. The number of aliphatic carboxylic acids is 1. The van der Waals surface area contributed by atoms with Crippen molar-refractivity contribution in [1.82, 2.24) is 4.90 Å². The lowest BCUT2D eigenvalue weighted by molar-refractivity contribution is -0.139. The summed E-state index contributed by atoms with van der Waals surface area (Å²) in [5, 5.41) is 17.4. The topological polar surface area (TPSA) is 60.8 Å². The van der Waals surface area contributed by atoms with Crippen molar-refractivity contribution in [3.63, 3.8) is 0 Å². The molecule has 3 unspecified atom stereocenters. The lowest BCUT2D eigenvalue weighted by Gasteiger charge is -2.30. The summed E-state index contributed by atoms with van der Waals surface area (Å²) >= 11 is 0. The van der Waals surface area contributed by atoms with Gasteiger partial charge in [-0.1, -0.05) is 36.8 Å². The van der Waals surface area contributed by atoms with Crippen molar-refractivity contribution in [3.05, 3.63) is 35.9 Å². The Bertz CT molecular complexity index is 433. The van der Waals surface area contributed by atoms with Crippen LogP contribution in [0, 0.1) is 0 Å². The van der Waals surface area contributed by atoms with Gasteiger partial charge < -0.3 is 15.1 Å². The minimum Gasteiger partial charge on any atom is -0.481 e. The lowest BCUT2D eigenvalue weighted by atomic mass is 10.0. The first-order valence-electron chi connectivity index (χ1n) is 7.74. The number of hydrogen-bond donors (Lipinski definition) is 2. The smallest absolute Gasteiger partial charge is 0.313 e. The number of fused-ring (bicyclic) bond motifs is 2. The highest BCUT2D eigenvalue weighted by molar-refractivity contribution is 5.76. The molecule has 2 aliphatic rings. The van der Waals surface area contributed by atoms with Gasteiger partial charge in [0.05, 0.1) is 6.61 Å².